The van der Waals surface area contributed by atoms with Gasteiger partial charge in [-0.25, -0.2) is 0 Å². The summed E-state index contributed by atoms with van der Waals surface area (Å²) in [5, 5.41) is 0. The van der Waals surface area contributed by atoms with Crippen LogP contribution in [0.5, 0.6) is 5.75 Å². The van der Waals surface area contributed by atoms with E-state index >= 15 is 0 Å². The predicted molar refractivity (Wildman–Crippen MR) is 104 cm³/mol. The van der Waals surface area contributed by atoms with E-state index in [9.17, 15) is 0 Å². The average molecular weight is 404 g/mol. The summed E-state index contributed by atoms with van der Waals surface area (Å²) >= 11 is 0. The molecule has 2 aromatic carbocycles. The summed E-state index contributed by atoms with van der Waals surface area (Å²) in [4.78, 5) is 28.2. The standard InChI is InChI=1S/C21H27NO.H3O4P/c1-18(22-14-8-3-9-15-22)17-23-21-13-7-6-12-20(21)16-19-10-4-2-5-11-19;1-5(2,3)4/h2,4-7,10-13,18H,3,8-9,14-17H2,1H3;(H3,1,2,3,4)/p-3. The summed E-state index contributed by atoms with van der Waals surface area (Å²) in [7, 11) is -5.39. The highest BCUT2D eigenvalue weighted by Gasteiger charge is 2.17. The quantitative estimate of drug-likeness (QED) is 0.680. The molecule has 0 bridgehead atoms. The Balaban J connectivity index is 0.000000500. The van der Waals surface area contributed by atoms with E-state index < -0.39 is 7.82 Å². The lowest BCUT2D eigenvalue weighted by molar-refractivity contribution is -0.432. The highest BCUT2D eigenvalue weighted by Crippen LogP contribution is 2.22. The number of para-hydroxylation sites is 1. The molecular formula is C21H27NO5P-3. The van der Waals surface area contributed by atoms with Crippen LogP contribution >= 0.6 is 7.82 Å². The summed E-state index contributed by atoms with van der Waals surface area (Å²) in [6, 6.07) is 19.5. The fourth-order valence-corrected chi connectivity index (χ4v) is 3.28. The van der Waals surface area contributed by atoms with E-state index in [1.165, 1.54) is 43.5 Å². The maximum atomic E-state index is 8.55. The van der Waals surface area contributed by atoms with E-state index in [4.69, 9.17) is 24.0 Å². The fourth-order valence-electron chi connectivity index (χ4n) is 3.28. The van der Waals surface area contributed by atoms with E-state index in [-0.39, 0.29) is 0 Å². The number of rotatable bonds is 6. The van der Waals surface area contributed by atoms with Crippen molar-refractivity contribution >= 4 is 7.82 Å². The molecular weight excluding hydrogens is 377 g/mol. The molecule has 1 fully saturated rings. The Hall–Kier alpha value is -1.69. The van der Waals surface area contributed by atoms with Crippen LogP contribution in [0, 0.1) is 0 Å². The number of nitrogens with zero attached hydrogens (tertiary/aromatic N) is 1. The molecule has 0 amide bonds. The lowest BCUT2D eigenvalue weighted by atomic mass is 10.0. The van der Waals surface area contributed by atoms with E-state index in [0.29, 0.717) is 6.04 Å². The number of likely N-dealkylation sites (tertiary alicyclic amines) is 1. The van der Waals surface area contributed by atoms with Gasteiger partial charge < -0.3 is 24.0 Å². The molecule has 1 unspecified atom stereocenters. The van der Waals surface area contributed by atoms with Gasteiger partial charge in [-0.2, -0.15) is 7.82 Å². The zero-order valence-corrected chi connectivity index (χ0v) is 17.1. The van der Waals surface area contributed by atoms with Gasteiger partial charge in [-0.15, -0.1) is 0 Å². The largest absolute Gasteiger partial charge is 0.822 e. The highest BCUT2D eigenvalue weighted by atomic mass is 31.2. The van der Waals surface area contributed by atoms with Gasteiger partial charge in [0.1, 0.15) is 12.4 Å². The van der Waals surface area contributed by atoms with Crippen molar-refractivity contribution in [2.45, 2.75) is 38.6 Å². The Morgan fingerprint density at radius 1 is 0.964 bits per heavy atom. The molecule has 28 heavy (non-hydrogen) atoms. The van der Waals surface area contributed by atoms with Gasteiger partial charge >= 0.3 is 0 Å². The van der Waals surface area contributed by atoms with Crippen molar-refractivity contribution in [1.29, 1.82) is 0 Å². The molecule has 1 heterocycles. The molecule has 1 saturated heterocycles. The van der Waals surface area contributed by atoms with Crippen LogP contribution in [0.3, 0.4) is 0 Å². The molecule has 6 nitrogen and oxygen atoms in total. The van der Waals surface area contributed by atoms with E-state index in [1.807, 2.05) is 0 Å². The van der Waals surface area contributed by atoms with Crippen LogP contribution < -0.4 is 19.4 Å². The monoisotopic (exact) mass is 404 g/mol. The van der Waals surface area contributed by atoms with Crippen molar-refractivity contribution in [1.82, 2.24) is 4.90 Å². The SMILES string of the molecule is CC(COc1ccccc1Cc1ccccc1)N1CCCCC1.O=P([O-])([O-])[O-]. The molecule has 1 aliphatic heterocycles. The molecule has 2 aromatic rings. The van der Waals surface area contributed by atoms with Crippen LogP contribution in [0.2, 0.25) is 0 Å². The van der Waals surface area contributed by atoms with Crippen molar-refractivity contribution in [2.75, 3.05) is 19.7 Å². The highest BCUT2D eigenvalue weighted by molar-refractivity contribution is 7.40. The molecule has 0 radical (unpaired) electrons. The Bertz CT molecular complexity index is 735. The fraction of sp³-hybridized carbons (Fsp3) is 0.429. The second-order valence-corrected chi connectivity index (χ2v) is 7.87. The molecule has 3 rings (SSSR count). The summed E-state index contributed by atoms with van der Waals surface area (Å²) in [5.74, 6) is 1.03. The summed E-state index contributed by atoms with van der Waals surface area (Å²) in [5.41, 5.74) is 2.59. The van der Waals surface area contributed by atoms with E-state index in [0.717, 1.165) is 18.8 Å². The third-order valence-electron chi connectivity index (χ3n) is 4.70. The second kappa shape index (κ2) is 11.3. The first-order chi connectivity index (χ1) is 13.3. The Labute approximate surface area is 167 Å². The number of ether oxygens (including phenoxy) is 1. The van der Waals surface area contributed by atoms with Crippen molar-refractivity contribution in [2.24, 2.45) is 0 Å². The third-order valence-corrected chi connectivity index (χ3v) is 4.70. The van der Waals surface area contributed by atoms with Crippen molar-refractivity contribution in [3.63, 3.8) is 0 Å². The van der Waals surface area contributed by atoms with Gasteiger partial charge in [0.05, 0.1) is 0 Å². The first kappa shape index (κ1) is 22.6. The molecule has 0 N–H and O–H groups in total. The number of piperidine rings is 1. The maximum Gasteiger partial charge on any atom is 0.122 e. The lowest BCUT2D eigenvalue weighted by Crippen LogP contribution is -2.40. The van der Waals surface area contributed by atoms with E-state index in [1.54, 1.807) is 0 Å². The Morgan fingerprint density at radius 3 is 2.18 bits per heavy atom. The number of hydrogen-bond donors (Lipinski definition) is 0. The van der Waals surface area contributed by atoms with Crippen molar-refractivity contribution < 1.29 is 24.0 Å². The Kier molecular flexibility index (Phi) is 9.16. The first-order valence-electron chi connectivity index (χ1n) is 9.54. The first-order valence-corrected chi connectivity index (χ1v) is 11.0. The van der Waals surface area contributed by atoms with Gasteiger partial charge in [-0.1, -0.05) is 55.0 Å². The molecule has 0 saturated carbocycles. The minimum atomic E-state index is -5.39. The average Bonchev–Trinajstić information content (AvgIpc) is 2.67. The lowest BCUT2D eigenvalue weighted by Gasteiger charge is -2.36. The van der Waals surface area contributed by atoms with Crippen LogP contribution in [0.4, 0.5) is 0 Å². The van der Waals surface area contributed by atoms with Crippen LogP contribution in [-0.2, 0) is 11.0 Å². The Morgan fingerprint density at radius 2 is 1.54 bits per heavy atom. The molecule has 0 aromatic heterocycles. The topological polar surface area (TPSA) is 98.7 Å². The zero-order chi connectivity index (χ0) is 20.4. The summed E-state index contributed by atoms with van der Waals surface area (Å²) in [6.45, 7) is 5.49. The molecule has 154 valence electrons. The maximum absolute atomic E-state index is 8.55. The molecule has 1 aliphatic rings. The summed E-state index contributed by atoms with van der Waals surface area (Å²) in [6.07, 6.45) is 4.96. The zero-order valence-electron chi connectivity index (χ0n) is 16.2. The predicted octanol–water partition coefficient (Wildman–Crippen LogP) is 1.71. The van der Waals surface area contributed by atoms with Crippen LogP contribution in [0.25, 0.3) is 0 Å². The van der Waals surface area contributed by atoms with Crippen LogP contribution in [-0.4, -0.2) is 30.6 Å². The number of hydrogen-bond acceptors (Lipinski definition) is 6. The van der Waals surface area contributed by atoms with E-state index in [2.05, 4.69) is 66.4 Å². The number of phosphoric acid groups is 1. The smallest absolute Gasteiger partial charge is 0.122 e. The van der Waals surface area contributed by atoms with Gasteiger partial charge in [-0.3, -0.25) is 4.90 Å². The number of benzene rings is 2. The molecule has 1 atom stereocenters. The third kappa shape index (κ3) is 9.00. The van der Waals surface area contributed by atoms with Gasteiger partial charge in [0.2, 0.25) is 0 Å². The minimum Gasteiger partial charge on any atom is -0.822 e. The van der Waals surface area contributed by atoms with Gasteiger partial charge in [0.15, 0.2) is 0 Å². The molecule has 7 heteroatoms. The second-order valence-electron chi connectivity index (χ2n) is 6.97. The minimum absolute atomic E-state index is 0.486. The van der Waals surface area contributed by atoms with Gasteiger partial charge in [0, 0.05) is 12.5 Å². The van der Waals surface area contributed by atoms with Gasteiger partial charge in [-0.05, 0) is 50.0 Å². The van der Waals surface area contributed by atoms with Crippen LogP contribution in [0.15, 0.2) is 54.6 Å². The van der Waals surface area contributed by atoms with Crippen LogP contribution in [0.1, 0.15) is 37.3 Å². The molecule has 0 spiro atoms. The van der Waals surface area contributed by atoms with Gasteiger partial charge in [0.25, 0.3) is 0 Å². The van der Waals surface area contributed by atoms with Crippen molar-refractivity contribution in [3.8, 4) is 5.75 Å². The summed E-state index contributed by atoms with van der Waals surface area (Å²) < 4.78 is 14.7. The molecule has 0 aliphatic carbocycles. The van der Waals surface area contributed by atoms with Crippen molar-refractivity contribution in [3.05, 3.63) is 65.7 Å². The normalized spacial score (nSPS) is 16.0.